The average molecular weight is 453 g/mol. The fourth-order valence-electron chi connectivity index (χ4n) is 5.06. The molecule has 8 heteroatoms. The number of nitrogens with one attached hydrogen (secondary N) is 2. The number of hydrogen-bond donors (Lipinski definition) is 3. The van der Waals surface area contributed by atoms with Crippen molar-refractivity contribution in [3.05, 3.63) is 60.3 Å². The van der Waals surface area contributed by atoms with Gasteiger partial charge in [0.25, 0.3) is 0 Å². The van der Waals surface area contributed by atoms with Crippen LogP contribution in [0.3, 0.4) is 0 Å². The number of aromatic nitrogens is 6. The van der Waals surface area contributed by atoms with Crippen LogP contribution in [0, 0.1) is 5.92 Å². The lowest BCUT2D eigenvalue weighted by molar-refractivity contribution is -0.138. The molecule has 34 heavy (non-hydrogen) atoms. The van der Waals surface area contributed by atoms with Gasteiger partial charge in [0.05, 0.1) is 22.2 Å². The van der Waals surface area contributed by atoms with Crippen molar-refractivity contribution >= 4 is 28.0 Å². The molecule has 0 bridgehead atoms. The summed E-state index contributed by atoms with van der Waals surface area (Å²) in [5.41, 5.74) is 7.66. The largest absolute Gasteiger partial charge is 0.481 e. The molecule has 8 nitrogen and oxygen atoms in total. The lowest BCUT2D eigenvalue weighted by Gasteiger charge is -2.28. The molecule has 170 valence electrons. The van der Waals surface area contributed by atoms with Crippen LogP contribution in [0.25, 0.3) is 44.7 Å². The fourth-order valence-corrected chi connectivity index (χ4v) is 5.06. The van der Waals surface area contributed by atoms with Crippen LogP contribution < -0.4 is 0 Å². The third-order valence-electron chi connectivity index (χ3n) is 6.95. The van der Waals surface area contributed by atoms with Crippen molar-refractivity contribution in [3.8, 4) is 22.6 Å². The summed E-state index contributed by atoms with van der Waals surface area (Å²) < 4.78 is 0. The first-order valence-electron chi connectivity index (χ1n) is 11.6. The molecule has 3 aromatic heterocycles. The zero-order chi connectivity index (χ0) is 23.1. The molecule has 1 saturated carbocycles. The number of rotatable bonds is 5. The fraction of sp³-hybridized carbons (Fsp3) is 0.269. The Kier molecular flexibility index (Phi) is 5.05. The molecule has 0 radical (unpaired) electrons. The van der Waals surface area contributed by atoms with Crippen LogP contribution in [-0.4, -0.2) is 41.4 Å². The van der Waals surface area contributed by atoms with E-state index >= 15 is 0 Å². The minimum atomic E-state index is -0.681. The maximum Gasteiger partial charge on any atom is 0.303 e. The van der Waals surface area contributed by atoms with Gasteiger partial charge in [0.1, 0.15) is 11.3 Å². The van der Waals surface area contributed by atoms with Crippen LogP contribution in [0.2, 0.25) is 0 Å². The Hall–Kier alpha value is -4.07. The number of carboxylic acid groups (broad SMARTS) is 1. The van der Waals surface area contributed by atoms with E-state index in [0.717, 1.165) is 70.4 Å². The normalized spacial score (nSPS) is 18.5. The second-order valence-electron chi connectivity index (χ2n) is 9.15. The smallest absolute Gasteiger partial charge is 0.303 e. The summed E-state index contributed by atoms with van der Waals surface area (Å²) in [4.78, 5) is 23.7. The molecule has 5 aromatic rings. The lowest BCUT2D eigenvalue weighted by Crippen LogP contribution is -2.16. The van der Waals surface area contributed by atoms with E-state index in [1.165, 1.54) is 5.56 Å². The van der Waals surface area contributed by atoms with Crippen molar-refractivity contribution in [2.45, 2.75) is 38.0 Å². The predicted molar refractivity (Wildman–Crippen MR) is 129 cm³/mol. The Labute approximate surface area is 195 Å². The van der Waals surface area contributed by atoms with Crippen LogP contribution >= 0.6 is 0 Å². The Balaban J connectivity index is 1.16. The van der Waals surface area contributed by atoms with Crippen molar-refractivity contribution in [1.82, 2.24) is 30.4 Å². The highest BCUT2D eigenvalue weighted by Gasteiger charge is 2.24. The summed E-state index contributed by atoms with van der Waals surface area (Å²) >= 11 is 0. The van der Waals surface area contributed by atoms with Gasteiger partial charge in [-0.15, -0.1) is 5.10 Å². The van der Waals surface area contributed by atoms with Gasteiger partial charge in [0, 0.05) is 23.7 Å². The molecule has 0 saturated heterocycles. The zero-order valence-corrected chi connectivity index (χ0v) is 18.5. The minimum absolute atomic E-state index is 0.298. The lowest BCUT2D eigenvalue weighted by atomic mass is 9.77. The number of carbonyl (C=O) groups is 1. The van der Waals surface area contributed by atoms with Crippen molar-refractivity contribution in [3.63, 3.8) is 0 Å². The van der Waals surface area contributed by atoms with Crippen LogP contribution in [-0.2, 0) is 4.79 Å². The molecular weight excluding hydrogens is 428 g/mol. The molecule has 2 aromatic carbocycles. The Bertz CT molecular complexity index is 1410. The number of hydrogen-bond acceptors (Lipinski definition) is 5. The van der Waals surface area contributed by atoms with Gasteiger partial charge in [-0.25, -0.2) is 4.98 Å². The maximum atomic E-state index is 11.0. The van der Waals surface area contributed by atoms with E-state index in [2.05, 4.69) is 49.6 Å². The summed E-state index contributed by atoms with van der Waals surface area (Å²) in [6.07, 6.45) is 6.25. The van der Waals surface area contributed by atoms with E-state index in [1.807, 2.05) is 30.5 Å². The SMILES string of the molecule is O=C(O)CC1CCC(c2ccc(-c3ccc(-c4nc5cc6[nH]nnc6cc5[nH]4)cn3)cc2)CC1. The van der Waals surface area contributed by atoms with Crippen LogP contribution in [0.4, 0.5) is 0 Å². The molecule has 0 spiro atoms. The second-order valence-corrected chi connectivity index (χ2v) is 9.15. The molecule has 0 aliphatic heterocycles. The van der Waals surface area contributed by atoms with Gasteiger partial charge in [0.15, 0.2) is 0 Å². The summed E-state index contributed by atoms with van der Waals surface area (Å²) in [7, 11) is 0. The standard InChI is InChI=1S/C26H24N6O2/c33-25(34)11-15-1-3-16(4-2-15)17-5-7-18(8-6-17)20-10-9-19(14-27-20)26-28-21-12-23-24(31-32-30-23)13-22(21)29-26/h5-10,12-16H,1-4,11H2,(H,28,29)(H,33,34)(H,30,31,32). The van der Waals surface area contributed by atoms with E-state index in [9.17, 15) is 4.79 Å². The predicted octanol–water partition coefficient (Wildman–Crippen LogP) is 5.31. The monoisotopic (exact) mass is 452 g/mol. The Morgan fingerprint density at radius 3 is 2.44 bits per heavy atom. The molecular formula is C26H24N6O2. The number of benzene rings is 2. The van der Waals surface area contributed by atoms with Crippen molar-refractivity contribution in [1.29, 1.82) is 0 Å². The quantitative estimate of drug-likeness (QED) is 0.332. The second kappa shape index (κ2) is 8.37. The summed E-state index contributed by atoms with van der Waals surface area (Å²) in [6, 6.07) is 16.6. The molecule has 0 atom stereocenters. The highest BCUT2D eigenvalue weighted by atomic mass is 16.4. The molecule has 1 fully saturated rings. The molecule has 0 unspecified atom stereocenters. The van der Waals surface area contributed by atoms with Crippen molar-refractivity contribution < 1.29 is 9.90 Å². The Morgan fingerprint density at radius 2 is 1.71 bits per heavy atom. The van der Waals surface area contributed by atoms with E-state index < -0.39 is 5.97 Å². The number of aliphatic carboxylic acids is 1. The number of aromatic amines is 2. The van der Waals surface area contributed by atoms with Gasteiger partial charge in [0.2, 0.25) is 0 Å². The third kappa shape index (κ3) is 3.91. The Morgan fingerprint density at radius 1 is 0.941 bits per heavy atom. The summed E-state index contributed by atoms with van der Waals surface area (Å²) in [5.74, 6) is 0.925. The van der Waals surface area contributed by atoms with Gasteiger partial charge in [-0.2, -0.15) is 0 Å². The summed E-state index contributed by atoms with van der Waals surface area (Å²) in [6.45, 7) is 0. The van der Waals surface area contributed by atoms with E-state index in [1.54, 1.807) is 0 Å². The van der Waals surface area contributed by atoms with Crippen LogP contribution in [0.15, 0.2) is 54.7 Å². The first-order chi connectivity index (χ1) is 16.6. The van der Waals surface area contributed by atoms with E-state index in [0.29, 0.717) is 18.3 Å². The topological polar surface area (TPSA) is 120 Å². The third-order valence-corrected chi connectivity index (χ3v) is 6.95. The van der Waals surface area contributed by atoms with E-state index in [-0.39, 0.29) is 0 Å². The van der Waals surface area contributed by atoms with Gasteiger partial charge < -0.3 is 10.1 Å². The van der Waals surface area contributed by atoms with E-state index in [4.69, 9.17) is 10.1 Å². The number of nitrogens with zero attached hydrogens (tertiary/aromatic N) is 4. The number of imidazole rings is 1. The van der Waals surface area contributed by atoms with Gasteiger partial charge >= 0.3 is 5.97 Å². The average Bonchev–Trinajstić information content (AvgIpc) is 3.49. The van der Waals surface area contributed by atoms with Crippen LogP contribution in [0.5, 0.6) is 0 Å². The number of carboxylic acids is 1. The van der Waals surface area contributed by atoms with Crippen molar-refractivity contribution in [2.75, 3.05) is 0 Å². The van der Waals surface area contributed by atoms with Crippen molar-refractivity contribution in [2.24, 2.45) is 5.92 Å². The first kappa shape index (κ1) is 20.5. The molecule has 1 aliphatic rings. The van der Waals surface area contributed by atoms with Gasteiger partial charge in [-0.05, 0) is 67.3 Å². The van der Waals surface area contributed by atoms with Crippen LogP contribution in [0.1, 0.15) is 43.6 Å². The first-order valence-corrected chi connectivity index (χ1v) is 11.6. The molecule has 3 heterocycles. The maximum absolute atomic E-state index is 11.0. The molecule has 6 rings (SSSR count). The number of pyridine rings is 1. The number of H-pyrrole nitrogens is 2. The molecule has 1 aliphatic carbocycles. The minimum Gasteiger partial charge on any atom is -0.481 e. The van der Waals surface area contributed by atoms with Gasteiger partial charge in [-0.1, -0.05) is 29.5 Å². The highest BCUT2D eigenvalue weighted by Crippen LogP contribution is 2.37. The molecule has 0 amide bonds. The van der Waals surface area contributed by atoms with Gasteiger partial charge in [-0.3, -0.25) is 14.9 Å². The zero-order valence-electron chi connectivity index (χ0n) is 18.5. The summed E-state index contributed by atoms with van der Waals surface area (Å²) in [5, 5.41) is 19.8. The number of fused-ring (bicyclic) bond motifs is 2. The molecule has 3 N–H and O–H groups in total. The highest BCUT2D eigenvalue weighted by molar-refractivity contribution is 5.92.